The quantitative estimate of drug-likeness (QED) is 0.768. The zero-order valence-electron chi connectivity index (χ0n) is 10.5. The monoisotopic (exact) mass is 291 g/mol. The minimum Gasteiger partial charge on any atom is -0.383 e. The number of methoxy groups -OCH3 is 1. The maximum Gasteiger partial charge on any atom is 0.433 e. The van der Waals surface area contributed by atoms with Crippen molar-refractivity contribution in [1.82, 2.24) is 4.98 Å². The highest BCUT2D eigenvalue weighted by Crippen LogP contribution is 2.31. The first-order valence-electron chi connectivity index (χ1n) is 5.42. The molecule has 0 aromatic carbocycles. The van der Waals surface area contributed by atoms with E-state index in [9.17, 15) is 22.8 Å². The lowest BCUT2D eigenvalue weighted by atomic mass is 10.3. The summed E-state index contributed by atoms with van der Waals surface area (Å²) in [5, 5.41) is 2.10. The van der Waals surface area contributed by atoms with Gasteiger partial charge in [0.2, 0.25) is 12.8 Å². The Labute approximate surface area is 112 Å². The van der Waals surface area contributed by atoms with Crippen molar-refractivity contribution in [3.8, 4) is 0 Å². The Morgan fingerprint density at radius 3 is 2.60 bits per heavy atom. The van der Waals surface area contributed by atoms with Crippen molar-refractivity contribution in [2.45, 2.75) is 6.18 Å². The van der Waals surface area contributed by atoms with Crippen LogP contribution in [0.15, 0.2) is 12.1 Å². The van der Waals surface area contributed by atoms with Gasteiger partial charge in [-0.25, -0.2) is 4.98 Å². The number of carbonyl (C=O) groups is 2. The van der Waals surface area contributed by atoms with Gasteiger partial charge in [0.15, 0.2) is 0 Å². The van der Waals surface area contributed by atoms with Gasteiger partial charge in [-0.2, -0.15) is 13.2 Å². The molecule has 6 nitrogen and oxygen atoms in total. The molecular weight excluding hydrogens is 279 g/mol. The van der Waals surface area contributed by atoms with Crippen molar-refractivity contribution < 1.29 is 27.5 Å². The van der Waals surface area contributed by atoms with E-state index in [-0.39, 0.29) is 31.1 Å². The molecule has 0 spiro atoms. The molecule has 1 aromatic rings. The van der Waals surface area contributed by atoms with E-state index in [1.165, 1.54) is 7.11 Å². The Hall–Kier alpha value is -2.16. The zero-order chi connectivity index (χ0) is 15.2. The van der Waals surface area contributed by atoms with Gasteiger partial charge in [-0.15, -0.1) is 0 Å². The van der Waals surface area contributed by atoms with Crippen LogP contribution in [0.3, 0.4) is 0 Å². The summed E-state index contributed by atoms with van der Waals surface area (Å²) in [4.78, 5) is 25.6. The van der Waals surface area contributed by atoms with Gasteiger partial charge in [0.25, 0.3) is 0 Å². The largest absolute Gasteiger partial charge is 0.433 e. The van der Waals surface area contributed by atoms with Crippen LogP contribution in [0.25, 0.3) is 0 Å². The van der Waals surface area contributed by atoms with Crippen molar-refractivity contribution in [2.75, 3.05) is 30.5 Å². The number of nitrogens with zero attached hydrogens (tertiary/aromatic N) is 2. The molecule has 0 aliphatic heterocycles. The molecule has 0 aliphatic carbocycles. The van der Waals surface area contributed by atoms with E-state index in [1.807, 2.05) is 0 Å². The maximum atomic E-state index is 12.7. The summed E-state index contributed by atoms with van der Waals surface area (Å²) in [6.45, 7) is 0.169. The van der Waals surface area contributed by atoms with Gasteiger partial charge in [-0.3, -0.25) is 14.5 Å². The number of hydrogen-bond donors (Lipinski definition) is 1. The van der Waals surface area contributed by atoms with Crippen LogP contribution in [0.1, 0.15) is 5.69 Å². The van der Waals surface area contributed by atoms with Gasteiger partial charge in [0, 0.05) is 18.9 Å². The third-order valence-corrected chi connectivity index (χ3v) is 2.29. The first-order valence-corrected chi connectivity index (χ1v) is 5.42. The average molecular weight is 291 g/mol. The molecular formula is C11H12F3N3O3. The van der Waals surface area contributed by atoms with Gasteiger partial charge in [0.05, 0.1) is 13.2 Å². The van der Waals surface area contributed by atoms with Crippen LogP contribution in [0, 0.1) is 0 Å². The summed E-state index contributed by atoms with van der Waals surface area (Å²) in [6.07, 6.45) is -4.11. The lowest BCUT2D eigenvalue weighted by Gasteiger charge is -2.18. The number of ether oxygens (including phenoxy) is 1. The third-order valence-electron chi connectivity index (χ3n) is 2.29. The lowest BCUT2D eigenvalue weighted by Crippen LogP contribution is -2.27. The molecule has 110 valence electrons. The van der Waals surface area contributed by atoms with E-state index in [2.05, 4.69) is 10.3 Å². The number of halogens is 3. The van der Waals surface area contributed by atoms with Gasteiger partial charge in [-0.05, 0) is 6.07 Å². The first kappa shape index (κ1) is 15.9. The smallest absolute Gasteiger partial charge is 0.383 e. The number of nitrogens with one attached hydrogen (secondary N) is 1. The average Bonchev–Trinajstić information content (AvgIpc) is 2.39. The Morgan fingerprint density at radius 2 is 2.10 bits per heavy atom. The highest BCUT2D eigenvalue weighted by atomic mass is 19.4. The SMILES string of the molecule is COCCN(C=O)c1cc(NC=O)cc(C(F)(F)F)n1. The summed E-state index contributed by atoms with van der Waals surface area (Å²) in [7, 11) is 1.39. The number of pyridine rings is 1. The fourth-order valence-electron chi connectivity index (χ4n) is 1.37. The van der Waals surface area contributed by atoms with Crippen LogP contribution in [-0.4, -0.2) is 38.1 Å². The van der Waals surface area contributed by atoms with Crippen molar-refractivity contribution in [3.05, 3.63) is 17.8 Å². The minimum absolute atomic E-state index is 0.0365. The summed E-state index contributed by atoms with van der Waals surface area (Å²) < 4.78 is 42.8. The van der Waals surface area contributed by atoms with E-state index in [0.717, 1.165) is 11.0 Å². The van der Waals surface area contributed by atoms with Crippen LogP contribution in [0.5, 0.6) is 0 Å². The predicted octanol–water partition coefficient (Wildman–Crippen LogP) is 1.28. The van der Waals surface area contributed by atoms with Gasteiger partial charge >= 0.3 is 6.18 Å². The Morgan fingerprint density at radius 1 is 1.40 bits per heavy atom. The van der Waals surface area contributed by atoms with Crippen LogP contribution in [0.4, 0.5) is 24.7 Å². The number of anilines is 2. The summed E-state index contributed by atoms with van der Waals surface area (Å²) in [6, 6.07) is 1.84. The normalized spacial score (nSPS) is 11.0. The van der Waals surface area contributed by atoms with E-state index in [0.29, 0.717) is 12.5 Å². The van der Waals surface area contributed by atoms with Gasteiger partial charge < -0.3 is 10.1 Å². The molecule has 0 fully saturated rings. The van der Waals surface area contributed by atoms with Crippen LogP contribution in [-0.2, 0) is 20.5 Å². The predicted molar refractivity (Wildman–Crippen MR) is 64.2 cm³/mol. The van der Waals surface area contributed by atoms with E-state index in [4.69, 9.17) is 4.74 Å². The molecule has 1 N–H and O–H groups in total. The standard InChI is InChI=1S/C11H12F3N3O3/c1-20-3-2-17(7-19)10-5-8(15-6-18)4-9(16-10)11(12,13)14/h4-7H,2-3H2,1H3,(H,15,16,18). The van der Waals surface area contributed by atoms with Gasteiger partial charge in [-0.1, -0.05) is 0 Å². The Bertz CT molecular complexity index is 480. The fraction of sp³-hybridized carbons (Fsp3) is 0.364. The summed E-state index contributed by atoms with van der Waals surface area (Å²) in [5.74, 6) is -0.226. The van der Waals surface area contributed by atoms with Crippen LogP contribution >= 0.6 is 0 Å². The lowest BCUT2D eigenvalue weighted by molar-refractivity contribution is -0.141. The second kappa shape index (κ2) is 6.85. The highest BCUT2D eigenvalue weighted by Gasteiger charge is 2.33. The molecule has 0 radical (unpaired) electrons. The van der Waals surface area contributed by atoms with E-state index in [1.54, 1.807) is 0 Å². The summed E-state index contributed by atoms with van der Waals surface area (Å²) >= 11 is 0. The van der Waals surface area contributed by atoms with E-state index >= 15 is 0 Å². The molecule has 20 heavy (non-hydrogen) atoms. The minimum atomic E-state index is -4.69. The maximum absolute atomic E-state index is 12.7. The first-order chi connectivity index (χ1) is 9.42. The summed E-state index contributed by atoms with van der Waals surface area (Å²) in [5.41, 5.74) is -1.31. The Balaban J connectivity index is 3.19. The van der Waals surface area contributed by atoms with Crippen LogP contribution < -0.4 is 10.2 Å². The number of alkyl halides is 3. The molecule has 1 heterocycles. The third kappa shape index (κ3) is 4.19. The molecule has 0 unspecified atom stereocenters. The molecule has 9 heteroatoms. The molecule has 0 atom stereocenters. The fourth-order valence-corrected chi connectivity index (χ4v) is 1.37. The van der Waals surface area contributed by atoms with Crippen LogP contribution in [0.2, 0.25) is 0 Å². The molecule has 0 bridgehead atoms. The van der Waals surface area contributed by atoms with Crippen molar-refractivity contribution in [2.24, 2.45) is 0 Å². The number of rotatable bonds is 7. The van der Waals surface area contributed by atoms with Crippen molar-refractivity contribution in [3.63, 3.8) is 0 Å². The van der Waals surface area contributed by atoms with E-state index < -0.39 is 11.9 Å². The molecule has 1 aromatic heterocycles. The second-order valence-electron chi connectivity index (χ2n) is 3.65. The topological polar surface area (TPSA) is 71.5 Å². The second-order valence-corrected chi connectivity index (χ2v) is 3.65. The number of aromatic nitrogens is 1. The number of amides is 2. The molecule has 0 aliphatic rings. The highest BCUT2D eigenvalue weighted by molar-refractivity contribution is 5.78. The van der Waals surface area contributed by atoms with Crippen molar-refractivity contribution in [1.29, 1.82) is 0 Å². The Kier molecular flexibility index (Phi) is 5.44. The van der Waals surface area contributed by atoms with Gasteiger partial charge in [0.1, 0.15) is 11.5 Å². The van der Waals surface area contributed by atoms with Crippen molar-refractivity contribution >= 4 is 24.3 Å². The molecule has 1 rings (SSSR count). The molecule has 0 saturated heterocycles. The number of carbonyl (C=O) groups excluding carboxylic acids is 2. The zero-order valence-corrected chi connectivity index (χ0v) is 10.5. The number of hydrogen-bond acceptors (Lipinski definition) is 4. The molecule has 0 saturated carbocycles. The molecule has 2 amide bonds.